The zero-order valence-electron chi connectivity index (χ0n) is 16.0. The fraction of sp³-hybridized carbons (Fsp3) is 0.300. The smallest absolute Gasteiger partial charge is 0.387 e. The monoisotopic (exact) mass is 426 g/mol. The highest BCUT2D eigenvalue weighted by Crippen LogP contribution is 2.30. The molecule has 0 radical (unpaired) electrons. The number of nitrogens with zero attached hydrogens (tertiary/aromatic N) is 1. The van der Waals surface area contributed by atoms with Gasteiger partial charge in [0.05, 0.1) is 13.2 Å². The minimum absolute atomic E-state index is 0.0756. The lowest BCUT2D eigenvalue weighted by molar-refractivity contribution is -0.129. The summed E-state index contributed by atoms with van der Waals surface area (Å²) in [6.07, 6.45) is 0. The zero-order chi connectivity index (χ0) is 21.4. The first-order valence-corrected chi connectivity index (χ1v) is 9.16. The third-order valence-corrected chi connectivity index (χ3v) is 4.09. The van der Waals surface area contributed by atoms with Crippen LogP contribution >= 0.6 is 11.6 Å². The molecular formula is C20H21ClF2N2O4. The number of benzene rings is 2. The van der Waals surface area contributed by atoms with Gasteiger partial charge in [-0.2, -0.15) is 8.78 Å². The van der Waals surface area contributed by atoms with Gasteiger partial charge in [-0.1, -0.05) is 23.7 Å². The molecule has 9 heteroatoms. The second-order valence-electron chi connectivity index (χ2n) is 6.04. The summed E-state index contributed by atoms with van der Waals surface area (Å²) >= 11 is 5.85. The SMILES string of the molecule is CCOc1cc(CN(C)C(=O)CNC(=O)c2cccc(Cl)c2)ccc1OC(F)F. The van der Waals surface area contributed by atoms with Gasteiger partial charge in [0.2, 0.25) is 5.91 Å². The molecule has 0 aliphatic heterocycles. The molecule has 1 N–H and O–H groups in total. The van der Waals surface area contributed by atoms with Gasteiger partial charge in [-0.25, -0.2) is 0 Å². The lowest BCUT2D eigenvalue weighted by Crippen LogP contribution is -2.37. The number of alkyl halides is 2. The maximum absolute atomic E-state index is 12.5. The van der Waals surface area contributed by atoms with E-state index in [1.807, 2.05) is 0 Å². The van der Waals surface area contributed by atoms with Gasteiger partial charge in [-0.3, -0.25) is 9.59 Å². The standard InChI is InChI=1S/C20H21ClF2N2O4/c1-3-28-17-9-13(7-8-16(17)29-20(22)23)12-25(2)18(26)11-24-19(27)14-5-4-6-15(21)10-14/h4-10,20H,3,11-12H2,1-2H3,(H,24,27). The Hall–Kier alpha value is -2.87. The molecule has 0 unspecified atom stereocenters. The zero-order valence-corrected chi connectivity index (χ0v) is 16.7. The molecule has 0 atom stereocenters. The number of ether oxygens (including phenoxy) is 2. The summed E-state index contributed by atoms with van der Waals surface area (Å²) in [5, 5.41) is 2.96. The fourth-order valence-electron chi connectivity index (χ4n) is 2.50. The molecule has 0 aliphatic rings. The molecule has 2 rings (SSSR count). The predicted octanol–water partition coefficient (Wildman–Crippen LogP) is 3.73. The van der Waals surface area contributed by atoms with E-state index < -0.39 is 12.5 Å². The van der Waals surface area contributed by atoms with Crippen LogP contribution in [-0.2, 0) is 11.3 Å². The topological polar surface area (TPSA) is 67.9 Å². The Bertz CT molecular complexity index is 864. The lowest BCUT2D eigenvalue weighted by atomic mass is 10.2. The van der Waals surface area contributed by atoms with Crippen molar-refractivity contribution in [3.63, 3.8) is 0 Å². The molecule has 0 heterocycles. The molecule has 2 amide bonds. The highest BCUT2D eigenvalue weighted by molar-refractivity contribution is 6.30. The van der Waals surface area contributed by atoms with Gasteiger partial charge in [0, 0.05) is 24.2 Å². The minimum atomic E-state index is -2.97. The van der Waals surface area contributed by atoms with Crippen molar-refractivity contribution in [2.45, 2.75) is 20.1 Å². The van der Waals surface area contributed by atoms with Gasteiger partial charge in [0.15, 0.2) is 11.5 Å². The highest BCUT2D eigenvalue weighted by Gasteiger charge is 2.15. The summed E-state index contributed by atoms with van der Waals surface area (Å²) < 4.78 is 34.7. The number of rotatable bonds is 9. The van der Waals surface area contributed by atoms with E-state index in [1.54, 1.807) is 38.2 Å². The normalized spacial score (nSPS) is 10.6. The number of amides is 2. The van der Waals surface area contributed by atoms with Crippen molar-refractivity contribution in [3.8, 4) is 11.5 Å². The summed E-state index contributed by atoms with van der Waals surface area (Å²) in [4.78, 5) is 25.8. The van der Waals surface area contributed by atoms with Crippen LogP contribution < -0.4 is 14.8 Å². The van der Waals surface area contributed by atoms with Crippen molar-refractivity contribution in [1.29, 1.82) is 0 Å². The van der Waals surface area contributed by atoms with Crippen LogP contribution in [0.1, 0.15) is 22.8 Å². The molecule has 0 saturated carbocycles. The molecule has 6 nitrogen and oxygen atoms in total. The summed E-state index contributed by atoms with van der Waals surface area (Å²) in [6, 6.07) is 10.8. The Morgan fingerprint density at radius 3 is 2.59 bits per heavy atom. The Kier molecular flexibility index (Phi) is 8.21. The van der Waals surface area contributed by atoms with Crippen molar-refractivity contribution < 1.29 is 27.8 Å². The third-order valence-electron chi connectivity index (χ3n) is 3.86. The van der Waals surface area contributed by atoms with Crippen LogP contribution in [0.3, 0.4) is 0 Å². The first-order valence-electron chi connectivity index (χ1n) is 8.78. The first-order chi connectivity index (χ1) is 13.8. The van der Waals surface area contributed by atoms with Gasteiger partial charge in [0.1, 0.15) is 0 Å². The summed E-state index contributed by atoms with van der Waals surface area (Å²) in [5.41, 5.74) is 1.01. The van der Waals surface area contributed by atoms with E-state index in [1.165, 1.54) is 23.1 Å². The largest absolute Gasteiger partial charge is 0.490 e. The maximum Gasteiger partial charge on any atom is 0.387 e. The van der Waals surface area contributed by atoms with Crippen molar-refractivity contribution in [3.05, 3.63) is 58.6 Å². The highest BCUT2D eigenvalue weighted by atomic mass is 35.5. The quantitative estimate of drug-likeness (QED) is 0.663. The Morgan fingerprint density at radius 1 is 1.17 bits per heavy atom. The number of hydrogen-bond acceptors (Lipinski definition) is 4. The molecule has 29 heavy (non-hydrogen) atoms. The second-order valence-corrected chi connectivity index (χ2v) is 6.47. The van der Waals surface area contributed by atoms with E-state index in [9.17, 15) is 18.4 Å². The Labute approximate surface area is 172 Å². The molecule has 0 fully saturated rings. The van der Waals surface area contributed by atoms with Gasteiger partial charge < -0.3 is 19.7 Å². The van der Waals surface area contributed by atoms with E-state index in [4.69, 9.17) is 16.3 Å². The fourth-order valence-corrected chi connectivity index (χ4v) is 2.69. The summed E-state index contributed by atoms with van der Waals surface area (Å²) in [5.74, 6) is -0.651. The summed E-state index contributed by atoms with van der Waals surface area (Å²) in [6.45, 7) is -0.981. The van der Waals surface area contributed by atoms with Crippen LogP contribution in [0.2, 0.25) is 5.02 Å². The molecule has 0 spiro atoms. The van der Waals surface area contributed by atoms with Crippen molar-refractivity contribution in [2.75, 3.05) is 20.2 Å². The van der Waals surface area contributed by atoms with Crippen LogP contribution in [0.4, 0.5) is 8.78 Å². The van der Waals surface area contributed by atoms with Crippen LogP contribution in [0.5, 0.6) is 11.5 Å². The maximum atomic E-state index is 12.5. The summed E-state index contributed by atoms with van der Waals surface area (Å²) in [7, 11) is 1.57. The van der Waals surface area contributed by atoms with Crippen LogP contribution in [-0.4, -0.2) is 43.5 Å². The van der Waals surface area contributed by atoms with Crippen LogP contribution in [0, 0.1) is 0 Å². The molecule has 0 aliphatic carbocycles. The number of halogens is 3. The minimum Gasteiger partial charge on any atom is -0.490 e. The average molecular weight is 427 g/mol. The first kappa shape index (κ1) is 22.4. The number of nitrogens with one attached hydrogen (secondary N) is 1. The van der Waals surface area contributed by atoms with E-state index in [0.29, 0.717) is 16.1 Å². The molecular weight excluding hydrogens is 406 g/mol. The van der Waals surface area contributed by atoms with Gasteiger partial charge >= 0.3 is 6.61 Å². The number of hydrogen-bond donors (Lipinski definition) is 1. The van der Waals surface area contributed by atoms with Crippen molar-refractivity contribution >= 4 is 23.4 Å². The number of likely N-dealkylation sites (N-methyl/N-ethyl adjacent to an activating group) is 1. The van der Waals surface area contributed by atoms with E-state index in [2.05, 4.69) is 10.1 Å². The molecule has 2 aromatic rings. The Balaban J connectivity index is 1.96. The van der Waals surface area contributed by atoms with E-state index in [0.717, 1.165) is 0 Å². The molecule has 156 valence electrons. The predicted molar refractivity (Wildman–Crippen MR) is 105 cm³/mol. The van der Waals surface area contributed by atoms with Gasteiger partial charge in [0.25, 0.3) is 5.91 Å². The molecule has 2 aromatic carbocycles. The van der Waals surface area contributed by atoms with Crippen molar-refractivity contribution in [1.82, 2.24) is 10.2 Å². The Morgan fingerprint density at radius 2 is 1.93 bits per heavy atom. The number of carbonyl (C=O) groups is 2. The average Bonchev–Trinajstić information content (AvgIpc) is 2.67. The van der Waals surface area contributed by atoms with E-state index in [-0.39, 0.29) is 37.1 Å². The van der Waals surface area contributed by atoms with Crippen molar-refractivity contribution in [2.24, 2.45) is 0 Å². The van der Waals surface area contributed by atoms with Gasteiger partial charge in [-0.15, -0.1) is 0 Å². The molecule has 0 bridgehead atoms. The molecule has 0 aromatic heterocycles. The third kappa shape index (κ3) is 6.90. The van der Waals surface area contributed by atoms with E-state index >= 15 is 0 Å². The molecule has 0 saturated heterocycles. The van der Waals surface area contributed by atoms with Crippen LogP contribution in [0.15, 0.2) is 42.5 Å². The second kappa shape index (κ2) is 10.6. The number of carbonyl (C=O) groups excluding carboxylic acids is 2. The van der Waals surface area contributed by atoms with Crippen LogP contribution in [0.25, 0.3) is 0 Å². The lowest BCUT2D eigenvalue weighted by Gasteiger charge is -2.19. The van der Waals surface area contributed by atoms with Gasteiger partial charge in [-0.05, 0) is 42.8 Å².